The Balaban J connectivity index is 1.84. The number of fused-ring (bicyclic) bond motifs is 2. The van der Waals surface area contributed by atoms with Gasteiger partial charge in [-0.05, 0) is 58.9 Å². The molecule has 2 atom stereocenters. The van der Waals surface area contributed by atoms with E-state index in [4.69, 9.17) is 9.47 Å². The zero-order chi connectivity index (χ0) is 22.3. The van der Waals surface area contributed by atoms with Crippen LogP contribution in [-0.4, -0.2) is 46.6 Å². The summed E-state index contributed by atoms with van der Waals surface area (Å²) in [5.74, 6) is -1.04. The van der Waals surface area contributed by atoms with Crippen molar-refractivity contribution in [2.24, 2.45) is 5.92 Å². The molecular weight excluding hydrogens is 401 g/mol. The van der Waals surface area contributed by atoms with Gasteiger partial charge in [0.15, 0.2) is 5.78 Å². The van der Waals surface area contributed by atoms with Crippen LogP contribution < -0.4 is 4.74 Å². The van der Waals surface area contributed by atoms with Gasteiger partial charge in [-0.1, -0.05) is 0 Å². The van der Waals surface area contributed by atoms with Crippen LogP contribution in [-0.2, 0) is 10.9 Å². The summed E-state index contributed by atoms with van der Waals surface area (Å²) >= 11 is 0. The number of amides is 1. The molecule has 0 saturated carbocycles. The van der Waals surface area contributed by atoms with Crippen molar-refractivity contribution in [1.82, 2.24) is 9.88 Å². The summed E-state index contributed by atoms with van der Waals surface area (Å²) < 4.78 is 49.9. The highest BCUT2D eigenvalue weighted by molar-refractivity contribution is 6.00. The van der Waals surface area contributed by atoms with E-state index in [1.54, 1.807) is 25.7 Å². The number of hydrogen-bond acceptors (Lipinski definition) is 5. The largest absolute Gasteiger partial charge is 0.480 e. The molecule has 30 heavy (non-hydrogen) atoms. The first-order chi connectivity index (χ1) is 13.9. The average Bonchev–Trinajstić information content (AvgIpc) is 2.63. The van der Waals surface area contributed by atoms with Crippen LogP contribution in [0.4, 0.5) is 18.0 Å². The smallest absolute Gasteiger partial charge is 0.417 e. The first kappa shape index (κ1) is 22.4. The first-order valence-electron chi connectivity index (χ1n) is 10.1. The lowest BCUT2D eigenvalue weighted by molar-refractivity contribution is -0.137. The average molecular weight is 428 g/mol. The number of carbonyl (C=O) groups excluding carboxylic acids is 2. The fraction of sp³-hybridized carbons (Fsp3) is 0.667. The zero-order valence-electron chi connectivity index (χ0n) is 17.6. The summed E-state index contributed by atoms with van der Waals surface area (Å²) in [5.41, 5.74) is -1.78. The van der Waals surface area contributed by atoms with E-state index >= 15 is 0 Å². The van der Waals surface area contributed by atoms with Gasteiger partial charge in [-0.2, -0.15) is 13.2 Å². The zero-order valence-corrected chi connectivity index (χ0v) is 17.6. The summed E-state index contributed by atoms with van der Waals surface area (Å²) in [7, 11) is 1.27. The molecule has 6 nitrogen and oxygen atoms in total. The summed E-state index contributed by atoms with van der Waals surface area (Å²) in [5, 5.41) is 0. The molecule has 1 aromatic rings. The van der Waals surface area contributed by atoms with E-state index in [1.165, 1.54) is 7.11 Å². The Bertz CT molecular complexity index is 805. The second kappa shape index (κ2) is 8.07. The van der Waals surface area contributed by atoms with E-state index in [2.05, 4.69) is 4.98 Å². The summed E-state index contributed by atoms with van der Waals surface area (Å²) in [6, 6.07) is 0.460. The van der Waals surface area contributed by atoms with Gasteiger partial charge in [0.05, 0.1) is 18.2 Å². The standard InChI is InChI=1S/C21H27F3N2O4/c1-20(2,3)30-19(28)26-14-6-5-7-15(26)9-12(8-14)17(27)16-10-13(21(22,23)24)11-25-18(16)29-4/h10-12,14-15H,5-9H2,1-4H3. The molecule has 0 radical (unpaired) electrons. The SMILES string of the molecule is COc1ncc(C(F)(F)F)cc1C(=O)C1CC2CCCC(C1)N2C(=O)OC(C)(C)C. The fourth-order valence-corrected chi connectivity index (χ4v) is 4.37. The Kier molecular flexibility index (Phi) is 6.02. The Hall–Kier alpha value is -2.32. The highest BCUT2D eigenvalue weighted by Crippen LogP contribution is 2.40. The van der Waals surface area contributed by atoms with Crippen LogP contribution >= 0.6 is 0 Å². The van der Waals surface area contributed by atoms with Crippen LogP contribution in [0.25, 0.3) is 0 Å². The minimum absolute atomic E-state index is 0.118. The van der Waals surface area contributed by atoms with E-state index in [0.717, 1.165) is 25.3 Å². The summed E-state index contributed by atoms with van der Waals surface area (Å²) in [6.07, 6.45) is -1.18. The highest BCUT2D eigenvalue weighted by Gasteiger charge is 2.45. The van der Waals surface area contributed by atoms with Gasteiger partial charge in [0.2, 0.25) is 5.88 Å². The van der Waals surface area contributed by atoms with Gasteiger partial charge >= 0.3 is 12.3 Å². The van der Waals surface area contributed by atoms with Crippen LogP contribution in [0.3, 0.4) is 0 Å². The van der Waals surface area contributed by atoms with Crippen molar-refractivity contribution in [2.45, 2.75) is 76.7 Å². The second-order valence-electron chi connectivity index (χ2n) is 8.94. The van der Waals surface area contributed by atoms with Crippen LogP contribution in [0.5, 0.6) is 5.88 Å². The number of rotatable bonds is 3. The predicted molar refractivity (Wildman–Crippen MR) is 102 cm³/mol. The van der Waals surface area contributed by atoms with Crippen molar-refractivity contribution in [2.75, 3.05) is 7.11 Å². The lowest BCUT2D eigenvalue weighted by atomic mass is 9.76. The number of carbonyl (C=O) groups is 2. The minimum atomic E-state index is -4.61. The maximum absolute atomic E-state index is 13.2. The Morgan fingerprint density at radius 3 is 2.23 bits per heavy atom. The lowest BCUT2D eigenvalue weighted by Crippen LogP contribution is -2.56. The molecule has 1 aromatic heterocycles. The minimum Gasteiger partial charge on any atom is -0.480 e. The quantitative estimate of drug-likeness (QED) is 0.643. The molecule has 2 bridgehead atoms. The molecule has 9 heteroatoms. The van der Waals surface area contributed by atoms with Crippen molar-refractivity contribution in [3.05, 3.63) is 23.4 Å². The Morgan fingerprint density at radius 2 is 1.73 bits per heavy atom. The molecule has 3 rings (SSSR count). The third-order valence-electron chi connectivity index (χ3n) is 5.59. The van der Waals surface area contributed by atoms with Gasteiger partial charge < -0.3 is 14.4 Å². The number of aromatic nitrogens is 1. The number of methoxy groups -OCH3 is 1. The molecule has 2 unspecified atom stereocenters. The maximum atomic E-state index is 13.2. The van der Waals surface area contributed by atoms with E-state index in [1.807, 2.05) is 0 Å². The molecule has 2 aliphatic heterocycles. The van der Waals surface area contributed by atoms with Crippen LogP contribution in [0, 0.1) is 5.92 Å². The van der Waals surface area contributed by atoms with E-state index < -0.39 is 35.1 Å². The number of hydrogen-bond donors (Lipinski definition) is 0. The third-order valence-corrected chi connectivity index (χ3v) is 5.59. The normalized spacial score (nSPS) is 24.4. The molecule has 0 spiro atoms. The van der Waals surface area contributed by atoms with Crippen molar-refractivity contribution >= 4 is 11.9 Å². The molecule has 2 fully saturated rings. The summed E-state index contributed by atoms with van der Waals surface area (Å²) in [4.78, 5) is 31.3. The van der Waals surface area contributed by atoms with Crippen molar-refractivity contribution in [3.63, 3.8) is 0 Å². The van der Waals surface area contributed by atoms with E-state index in [-0.39, 0.29) is 23.5 Å². The maximum Gasteiger partial charge on any atom is 0.417 e. The number of nitrogens with zero attached hydrogens (tertiary/aromatic N) is 2. The van der Waals surface area contributed by atoms with Crippen LogP contribution in [0.2, 0.25) is 0 Å². The highest BCUT2D eigenvalue weighted by atomic mass is 19.4. The van der Waals surface area contributed by atoms with Crippen molar-refractivity contribution in [1.29, 1.82) is 0 Å². The van der Waals surface area contributed by atoms with Gasteiger partial charge in [-0.3, -0.25) is 4.79 Å². The summed E-state index contributed by atoms with van der Waals surface area (Å²) in [6.45, 7) is 5.39. The van der Waals surface area contributed by atoms with Gasteiger partial charge in [0.1, 0.15) is 5.60 Å². The lowest BCUT2D eigenvalue weighted by Gasteiger charge is -2.48. The third kappa shape index (κ3) is 4.70. The monoisotopic (exact) mass is 428 g/mol. The number of pyridine rings is 1. The molecule has 2 saturated heterocycles. The Morgan fingerprint density at radius 1 is 1.13 bits per heavy atom. The molecule has 0 aromatic carbocycles. The van der Waals surface area contributed by atoms with Crippen LogP contribution in [0.15, 0.2) is 12.3 Å². The van der Waals surface area contributed by atoms with Crippen LogP contribution in [0.1, 0.15) is 68.8 Å². The number of Topliss-reactive ketones (excluding diaryl/α,β-unsaturated/α-hetero) is 1. The number of ether oxygens (including phenoxy) is 2. The van der Waals surface area contributed by atoms with Crippen molar-refractivity contribution < 1.29 is 32.2 Å². The molecular formula is C21H27F3N2O4. The topological polar surface area (TPSA) is 68.7 Å². The van der Waals surface area contributed by atoms with Gasteiger partial charge in [-0.15, -0.1) is 0 Å². The molecule has 0 N–H and O–H groups in total. The molecule has 166 valence electrons. The predicted octanol–water partition coefficient (Wildman–Crippen LogP) is 4.86. The number of piperidine rings is 2. The molecule has 0 aliphatic carbocycles. The molecule has 1 amide bonds. The Labute approximate surface area is 173 Å². The number of ketones is 1. The number of alkyl halides is 3. The van der Waals surface area contributed by atoms with Gasteiger partial charge in [0, 0.05) is 24.2 Å². The molecule has 3 heterocycles. The number of halogens is 3. The van der Waals surface area contributed by atoms with Gasteiger partial charge in [0.25, 0.3) is 0 Å². The first-order valence-corrected chi connectivity index (χ1v) is 10.1. The van der Waals surface area contributed by atoms with Crippen molar-refractivity contribution in [3.8, 4) is 5.88 Å². The fourth-order valence-electron chi connectivity index (χ4n) is 4.37. The van der Waals surface area contributed by atoms with E-state index in [9.17, 15) is 22.8 Å². The molecule has 2 aliphatic rings. The van der Waals surface area contributed by atoms with Gasteiger partial charge in [-0.25, -0.2) is 9.78 Å². The van der Waals surface area contributed by atoms with E-state index in [0.29, 0.717) is 19.0 Å². The second-order valence-corrected chi connectivity index (χ2v) is 8.94.